The van der Waals surface area contributed by atoms with Crippen molar-refractivity contribution < 1.29 is 38.2 Å². The van der Waals surface area contributed by atoms with Crippen molar-refractivity contribution >= 4 is 127 Å². The van der Waals surface area contributed by atoms with Gasteiger partial charge in [0.2, 0.25) is 12.1 Å². The van der Waals surface area contributed by atoms with Crippen LogP contribution in [0, 0.1) is 0 Å². The minimum Gasteiger partial charge on any atom is -0.491 e. The number of amides is 4. The molecule has 5 aromatic carbocycles. The zero-order chi connectivity index (χ0) is 51.8. The number of anilines is 4. The summed E-state index contributed by atoms with van der Waals surface area (Å²) in [5.74, 6) is -2.41. The second kappa shape index (κ2) is 26.7. The zero-order valence-corrected chi connectivity index (χ0v) is 42.9. The molecule has 71 heavy (non-hydrogen) atoms. The Balaban J connectivity index is 1.29. The number of azo groups is 2. The quantitative estimate of drug-likeness (QED) is 0.0279. The fraction of sp³-hybridized carbons (Fsp3) is 0.280. The lowest BCUT2D eigenvalue weighted by Gasteiger charge is -2.17. The van der Waals surface area contributed by atoms with Crippen molar-refractivity contribution in [2.24, 2.45) is 20.5 Å². The van der Waals surface area contributed by atoms with Gasteiger partial charge in [-0.15, -0.1) is 34.8 Å². The summed E-state index contributed by atoms with van der Waals surface area (Å²) < 4.78 is 11.6. The number of halogens is 5. The molecule has 0 bridgehead atoms. The first kappa shape index (κ1) is 55.5. The normalized spacial score (nSPS) is 12.5. The van der Waals surface area contributed by atoms with E-state index in [9.17, 15) is 28.8 Å². The molecule has 372 valence electrons. The van der Waals surface area contributed by atoms with Gasteiger partial charge >= 0.3 is 0 Å². The van der Waals surface area contributed by atoms with E-state index in [1.807, 2.05) is 26.0 Å². The molecule has 4 amide bonds. The molecule has 0 aliphatic rings. The van der Waals surface area contributed by atoms with Crippen LogP contribution in [-0.2, 0) is 32.0 Å². The second-order valence-electron chi connectivity index (χ2n) is 15.5. The Morgan fingerprint density at radius 1 is 0.577 bits per heavy atom. The highest BCUT2D eigenvalue weighted by atomic mass is 35.5. The molecule has 0 saturated heterocycles. The standard InChI is InChI=1S/C50H49Cl5N8O8/c1-6-70-45-30(16-18-51)10-8-12-41(45)58-47(66)32-20-34(54)24-37(22-32)60-62-43(28(4)64)49(68)56-36-14-15-40(39(26-36)27(3)53)57-50(69)44(29(5)65)63-61-38-23-33(21-35(55)25-38)48(67)59-42-13-9-11-31(17-19-52)46(42)71-7-2/h8-15,20-27,43-44H,6-7,16-19H2,1-5H3,(H,56,68)(H,57,69)(H,58,66)(H,59,67). The summed E-state index contributed by atoms with van der Waals surface area (Å²) in [5.41, 5.74) is 3.57. The Labute approximate surface area is 435 Å². The number of nitrogens with zero attached hydrogens (tertiary/aromatic N) is 4. The number of Topliss-reactive ketones (excluding diaryl/α,β-unsaturated/α-hetero) is 2. The predicted molar refractivity (Wildman–Crippen MR) is 279 cm³/mol. The molecule has 0 heterocycles. The Bertz CT molecular complexity index is 2860. The van der Waals surface area contributed by atoms with Gasteiger partial charge in [0.1, 0.15) is 11.5 Å². The Morgan fingerprint density at radius 3 is 1.44 bits per heavy atom. The van der Waals surface area contributed by atoms with Gasteiger partial charge in [-0.2, -0.15) is 20.5 Å². The van der Waals surface area contributed by atoms with Gasteiger partial charge in [-0.05, 0) is 131 Å². The lowest BCUT2D eigenvalue weighted by molar-refractivity contribution is -0.127. The molecule has 21 heteroatoms. The number of aryl methyl sites for hydroxylation is 2. The van der Waals surface area contributed by atoms with Gasteiger partial charge in [0.05, 0.1) is 41.3 Å². The summed E-state index contributed by atoms with van der Waals surface area (Å²) in [6.07, 6.45) is 1.04. The van der Waals surface area contributed by atoms with Crippen LogP contribution < -0.4 is 30.7 Å². The monoisotopic (exact) mass is 1060 g/mol. The highest BCUT2D eigenvalue weighted by Crippen LogP contribution is 2.34. The third kappa shape index (κ3) is 15.5. The van der Waals surface area contributed by atoms with Gasteiger partial charge in [-0.25, -0.2) is 0 Å². The van der Waals surface area contributed by atoms with Crippen LogP contribution in [0.1, 0.15) is 77.4 Å². The van der Waals surface area contributed by atoms with Crippen molar-refractivity contribution in [2.75, 3.05) is 46.2 Å². The van der Waals surface area contributed by atoms with Crippen LogP contribution in [0.25, 0.3) is 0 Å². The number of carbonyl (C=O) groups excluding carboxylic acids is 6. The summed E-state index contributed by atoms with van der Waals surface area (Å²) in [6.45, 7) is 8.29. The molecule has 0 aromatic heterocycles. The summed E-state index contributed by atoms with van der Waals surface area (Å²) in [5, 5.41) is 26.7. The number of para-hydroxylation sites is 2. The van der Waals surface area contributed by atoms with Crippen molar-refractivity contribution in [3.8, 4) is 11.5 Å². The van der Waals surface area contributed by atoms with Crippen LogP contribution in [0.2, 0.25) is 10.0 Å². The summed E-state index contributed by atoms with van der Waals surface area (Å²) in [7, 11) is 0. The van der Waals surface area contributed by atoms with Crippen molar-refractivity contribution in [3.63, 3.8) is 0 Å². The van der Waals surface area contributed by atoms with E-state index in [-0.39, 0.29) is 43.9 Å². The number of benzene rings is 5. The van der Waals surface area contributed by atoms with E-state index in [4.69, 9.17) is 67.5 Å². The molecule has 5 aromatic rings. The average Bonchev–Trinajstić information content (AvgIpc) is 3.31. The maximum absolute atomic E-state index is 13.6. The van der Waals surface area contributed by atoms with Crippen molar-refractivity contribution in [1.29, 1.82) is 0 Å². The van der Waals surface area contributed by atoms with E-state index in [1.165, 1.54) is 54.6 Å². The van der Waals surface area contributed by atoms with Crippen molar-refractivity contribution in [2.45, 2.75) is 64.9 Å². The second-order valence-corrected chi connectivity index (χ2v) is 17.8. The molecule has 0 aliphatic heterocycles. The lowest BCUT2D eigenvalue weighted by Crippen LogP contribution is -2.32. The largest absolute Gasteiger partial charge is 0.491 e. The number of hydrogen-bond donors (Lipinski definition) is 4. The highest BCUT2D eigenvalue weighted by molar-refractivity contribution is 6.32. The van der Waals surface area contributed by atoms with Gasteiger partial charge < -0.3 is 30.7 Å². The molecule has 0 radical (unpaired) electrons. The number of rotatable bonds is 23. The Kier molecular flexibility index (Phi) is 20.9. The summed E-state index contributed by atoms with van der Waals surface area (Å²) >= 11 is 31.2. The number of hydrogen-bond acceptors (Lipinski definition) is 12. The minimum atomic E-state index is -1.64. The molecule has 4 N–H and O–H groups in total. The van der Waals surface area contributed by atoms with Crippen LogP contribution in [0.4, 0.5) is 34.1 Å². The van der Waals surface area contributed by atoms with Gasteiger partial charge in [0.15, 0.2) is 11.6 Å². The van der Waals surface area contributed by atoms with Crippen molar-refractivity contribution in [1.82, 2.24) is 0 Å². The van der Waals surface area contributed by atoms with Crippen LogP contribution in [0.5, 0.6) is 11.5 Å². The fourth-order valence-corrected chi connectivity index (χ4v) is 7.94. The van der Waals surface area contributed by atoms with Crippen LogP contribution in [0.3, 0.4) is 0 Å². The van der Waals surface area contributed by atoms with E-state index in [0.717, 1.165) is 25.0 Å². The first-order valence-electron chi connectivity index (χ1n) is 22.0. The molecular weight excluding hydrogens is 1020 g/mol. The minimum absolute atomic E-state index is 0.0823. The summed E-state index contributed by atoms with van der Waals surface area (Å²) in [6, 6.07) is 20.1. The van der Waals surface area contributed by atoms with Gasteiger partial charge in [-0.1, -0.05) is 47.5 Å². The molecule has 3 unspecified atom stereocenters. The third-order valence-electron chi connectivity index (χ3n) is 10.1. The fourth-order valence-electron chi connectivity index (χ4n) is 6.89. The molecule has 0 saturated carbocycles. The van der Waals surface area contributed by atoms with Crippen LogP contribution >= 0.6 is 58.0 Å². The number of nitrogens with one attached hydrogen (secondary N) is 4. The molecule has 5 rings (SSSR count). The van der Waals surface area contributed by atoms with E-state index in [2.05, 4.69) is 41.7 Å². The van der Waals surface area contributed by atoms with Crippen LogP contribution in [-0.4, -0.2) is 72.3 Å². The van der Waals surface area contributed by atoms with Gasteiger partial charge in [-0.3, -0.25) is 28.8 Å². The van der Waals surface area contributed by atoms with E-state index >= 15 is 0 Å². The first-order valence-corrected chi connectivity index (χ1v) is 24.3. The number of ketones is 2. The maximum atomic E-state index is 13.6. The number of ether oxygens (including phenoxy) is 2. The Hall–Kier alpha value is -6.43. The number of alkyl halides is 3. The molecular formula is C50H49Cl5N8O8. The highest BCUT2D eigenvalue weighted by Gasteiger charge is 2.27. The SMILES string of the molecule is CCOc1c(CCCl)cccc1NC(=O)c1cc(Cl)cc(N=NC(C(C)=O)C(=O)Nc2ccc(NC(=O)C(N=Nc3cc(Cl)cc(C(=O)Nc4cccc(CCCl)c4OCC)c3)C(C)=O)c(C(C)Cl)c2)c1. The molecule has 3 atom stereocenters. The summed E-state index contributed by atoms with van der Waals surface area (Å²) in [4.78, 5) is 79.5. The van der Waals surface area contributed by atoms with E-state index in [0.29, 0.717) is 66.3 Å². The molecule has 0 fully saturated rings. The third-order valence-corrected chi connectivity index (χ3v) is 11.2. The van der Waals surface area contributed by atoms with Gasteiger partial charge in [0.25, 0.3) is 23.6 Å². The average molecular weight is 1070 g/mol. The lowest BCUT2D eigenvalue weighted by atomic mass is 10.1. The first-order chi connectivity index (χ1) is 34.0. The number of carbonyl (C=O) groups is 6. The van der Waals surface area contributed by atoms with Crippen molar-refractivity contribution in [3.05, 3.63) is 129 Å². The molecule has 16 nitrogen and oxygen atoms in total. The predicted octanol–water partition coefficient (Wildman–Crippen LogP) is 12.5. The zero-order valence-electron chi connectivity index (χ0n) is 39.1. The smallest absolute Gasteiger partial charge is 0.258 e. The molecule has 0 aliphatic carbocycles. The van der Waals surface area contributed by atoms with Crippen LogP contribution in [0.15, 0.2) is 111 Å². The van der Waals surface area contributed by atoms with Gasteiger partial charge in [0, 0.05) is 44.3 Å². The Morgan fingerprint density at radius 2 is 1.03 bits per heavy atom. The van der Waals surface area contributed by atoms with E-state index < -0.39 is 52.7 Å². The molecule has 0 spiro atoms. The maximum Gasteiger partial charge on any atom is 0.258 e. The van der Waals surface area contributed by atoms with E-state index in [1.54, 1.807) is 31.2 Å². The topological polar surface area (TPSA) is 218 Å².